The van der Waals surface area contributed by atoms with E-state index in [9.17, 15) is 8.42 Å². The van der Waals surface area contributed by atoms with E-state index in [4.69, 9.17) is 27.9 Å². The van der Waals surface area contributed by atoms with E-state index < -0.39 is 10.0 Å². The third-order valence-electron chi connectivity index (χ3n) is 2.26. The third kappa shape index (κ3) is 3.73. The molecule has 2 rings (SSSR count). The second kappa shape index (κ2) is 6.30. The van der Waals surface area contributed by atoms with Crippen LogP contribution in [0, 0.1) is 0 Å². The molecule has 0 unspecified atom stereocenters. The molecule has 0 radical (unpaired) electrons. The number of methoxy groups -OCH3 is 1. The SMILES string of the molecule is COc1cc(Cl)nnc1NS(=O)(=O)c1cnc(Cl)c(Br)c1. The fourth-order valence-electron chi connectivity index (χ4n) is 1.32. The highest BCUT2D eigenvalue weighted by molar-refractivity contribution is 9.10. The minimum Gasteiger partial charge on any atom is -0.493 e. The minimum absolute atomic E-state index is 0.0747. The molecule has 0 spiro atoms. The Labute approximate surface area is 138 Å². The molecular formula is C10H7BrCl2N4O3S. The van der Waals surface area contributed by atoms with Gasteiger partial charge in [-0.15, -0.1) is 10.2 Å². The van der Waals surface area contributed by atoms with Crippen LogP contribution in [0.1, 0.15) is 0 Å². The Morgan fingerprint density at radius 3 is 2.62 bits per heavy atom. The molecule has 21 heavy (non-hydrogen) atoms. The van der Waals surface area contributed by atoms with Crippen molar-refractivity contribution < 1.29 is 13.2 Å². The van der Waals surface area contributed by atoms with Gasteiger partial charge in [-0.25, -0.2) is 13.4 Å². The van der Waals surface area contributed by atoms with Crippen LogP contribution in [0.3, 0.4) is 0 Å². The zero-order valence-electron chi connectivity index (χ0n) is 10.3. The van der Waals surface area contributed by atoms with Crippen LogP contribution in [0.15, 0.2) is 27.7 Å². The molecule has 0 saturated carbocycles. The largest absolute Gasteiger partial charge is 0.493 e. The molecule has 11 heteroatoms. The van der Waals surface area contributed by atoms with Crippen molar-refractivity contribution in [3.05, 3.63) is 33.1 Å². The molecule has 0 fully saturated rings. The summed E-state index contributed by atoms with van der Waals surface area (Å²) in [6, 6.07) is 2.65. The highest BCUT2D eigenvalue weighted by Crippen LogP contribution is 2.27. The summed E-state index contributed by atoms with van der Waals surface area (Å²) < 4.78 is 32.1. The van der Waals surface area contributed by atoms with Crippen LogP contribution in [0.2, 0.25) is 10.3 Å². The van der Waals surface area contributed by atoms with E-state index in [2.05, 4.69) is 35.8 Å². The number of rotatable bonds is 4. The quantitative estimate of drug-likeness (QED) is 0.774. The van der Waals surface area contributed by atoms with Crippen molar-refractivity contribution >= 4 is 55.0 Å². The summed E-state index contributed by atoms with van der Waals surface area (Å²) in [5, 5.41) is 7.43. The topological polar surface area (TPSA) is 94.1 Å². The predicted molar refractivity (Wildman–Crippen MR) is 81.3 cm³/mol. The van der Waals surface area contributed by atoms with Crippen LogP contribution in [0.25, 0.3) is 0 Å². The fourth-order valence-corrected chi connectivity index (χ4v) is 3.03. The van der Waals surface area contributed by atoms with Crippen molar-refractivity contribution in [2.75, 3.05) is 11.8 Å². The van der Waals surface area contributed by atoms with Crippen molar-refractivity contribution in [3.8, 4) is 5.75 Å². The zero-order chi connectivity index (χ0) is 15.6. The molecule has 2 aromatic heterocycles. The van der Waals surface area contributed by atoms with Crippen molar-refractivity contribution in [2.45, 2.75) is 4.90 Å². The van der Waals surface area contributed by atoms with E-state index in [-0.39, 0.29) is 26.8 Å². The van der Waals surface area contributed by atoms with Gasteiger partial charge in [0.15, 0.2) is 10.9 Å². The minimum atomic E-state index is -3.92. The maximum Gasteiger partial charge on any atom is 0.264 e. The number of sulfonamides is 1. The van der Waals surface area contributed by atoms with Crippen LogP contribution in [0.5, 0.6) is 5.75 Å². The van der Waals surface area contributed by atoms with Gasteiger partial charge in [0.1, 0.15) is 10.0 Å². The molecule has 2 heterocycles. The summed E-state index contributed by atoms with van der Waals surface area (Å²) >= 11 is 14.5. The van der Waals surface area contributed by atoms with E-state index in [1.165, 1.54) is 19.2 Å². The van der Waals surface area contributed by atoms with Gasteiger partial charge in [-0.2, -0.15) is 0 Å². The second-order valence-electron chi connectivity index (χ2n) is 3.63. The van der Waals surface area contributed by atoms with E-state index in [0.717, 1.165) is 6.20 Å². The van der Waals surface area contributed by atoms with Gasteiger partial charge >= 0.3 is 0 Å². The lowest BCUT2D eigenvalue weighted by atomic mass is 10.5. The third-order valence-corrected chi connectivity index (χ3v) is 4.89. The molecule has 0 aliphatic heterocycles. The Hall–Kier alpha value is -1.16. The van der Waals surface area contributed by atoms with Gasteiger partial charge in [0.2, 0.25) is 5.82 Å². The van der Waals surface area contributed by atoms with Gasteiger partial charge in [-0.3, -0.25) is 4.72 Å². The van der Waals surface area contributed by atoms with E-state index >= 15 is 0 Å². The average molecular weight is 414 g/mol. The van der Waals surface area contributed by atoms with E-state index in [1.54, 1.807) is 0 Å². The van der Waals surface area contributed by atoms with Gasteiger partial charge < -0.3 is 4.74 Å². The molecule has 0 amide bonds. The number of hydrogen-bond donors (Lipinski definition) is 1. The molecule has 0 aliphatic rings. The van der Waals surface area contributed by atoms with Crippen LogP contribution in [-0.2, 0) is 10.0 Å². The molecule has 0 aliphatic carbocycles. The monoisotopic (exact) mass is 412 g/mol. The summed E-state index contributed by atoms with van der Waals surface area (Å²) in [6.07, 6.45) is 1.12. The smallest absolute Gasteiger partial charge is 0.264 e. The van der Waals surface area contributed by atoms with Gasteiger partial charge in [0.25, 0.3) is 10.0 Å². The van der Waals surface area contributed by atoms with Gasteiger partial charge in [-0.1, -0.05) is 23.2 Å². The standard InChI is InChI=1S/C10H7BrCl2N4O3S/c1-20-7-3-8(12)15-16-10(7)17-21(18,19)5-2-6(11)9(13)14-4-5/h2-4H,1H3,(H,16,17). The number of pyridine rings is 1. The summed E-state index contributed by atoms with van der Waals surface area (Å²) in [7, 11) is -2.57. The van der Waals surface area contributed by atoms with Gasteiger partial charge in [0, 0.05) is 12.3 Å². The van der Waals surface area contributed by atoms with Crippen molar-refractivity contribution in [1.82, 2.24) is 15.2 Å². The van der Waals surface area contributed by atoms with Crippen LogP contribution >= 0.6 is 39.1 Å². The molecule has 0 atom stereocenters. The molecule has 7 nitrogen and oxygen atoms in total. The van der Waals surface area contributed by atoms with E-state index in [1.807, 2.05) is 0 Å². The predicted octanol–water partition coefficient (Wildman–Crippen LogP) is 2.75. The highest BCUT2D eigenvalue weighted by atomic mass is 79.9. The van der Waals surface area contributed by atoms with Gasteiger partial charge in [0.05, 0.1) is 11.6 Å². The normalized spacial score (nSPS) is 11.2. The lowest BCUT2D eigenvalue weighted by Gasteiger charge is -2.10. The Kier molecular flexibility index (Phi) is 4.87. The number of anilines is 1. The molecule has 2 aromatic rings. The summed E-state index contributed by atoms with van der Waals surface area (Å²) in [5.41, 5.74) is 0. The maximum absolute atomic E-state index is 12.2. The molecule has 112 valence electrons. The first-order chi connectivity index (χ1) is 9.83. The van der Waals surface area contributed by atoms with Crippen molar-refractivity contribution in [3.63, 3.8) is 0 Å². The molecule has 1 N–H and O–H groups in total. The van der Waals surface area contributed by atoms with Gasteiger partial charge in [-0.05, 0) is 22.0 Å². The number of ether oxygens (including phenoxy) is 1. The average Bonchev–Trinajstić information content (AvgIpc) is 2.43. The van der Waals surface area contributed by atoms with Crippen molar-refractivity contribution in [2.24, 2.45) is 0 Å². The van der Waals surface area contributed by atoms with Crippen LogP contribution in [0.4, 0.5) is 5.82 Å². The Balaban J connectivity index is 2.39. The summed E-state index contributed by atoms with van der Waals surface area (Å²) in [4.78, 5) is 3.65. The Bertz CT molecular complexity index is 788. The molecule has 0 aromatic carbocycles. The first-order valence-electron chi connectivity index (χ1n) is 5.24. The lowest BCUT2D eigenvalue weighted by Crippen LogP contribution is -2.15. The maximum atomic E-state index is 12.2. The Morgan fingerprint density at radius 2 is 2.00 bits per heavy atom. The number of halogens is 3. The molecular weight excluding hydrogens is 407 g/mol. The highest BCUT2D eigenvalue weighted by Gasteiger charge is 2.20. The number of hydrogen-bond acceptors (Lipinski definition) is 6. The lowest BCUT2D eigenvalue weighted by molar-refractivity contribution is 0.414. The van der Waals surface area contributed by atoms with E-state index in [0.29, 0.717) is 4.47 Å². The summed E-state index contributed by atoms with van der Waals surface area (Å²) in [6.45, 7) is 0. The fraction of sp³-hybridized carbons (Fsp3) is 0.100. The van der Waals surface area contributed by atoms with Crippen molar-refractivity contribution in [1.29, 1.82) is 0 Å². The zero-order valence-corrected chi connectivity index (χ0v) is 14.3. The summed E-state index contributed by atoms with van der Waals surface area (Å²) in [5.74, 6) is 0.0486. The Morgan fingerprint density at radius 1 is 1.29 bits per heavy atom. The van der Waals surface area contributed by atoms with Crippen LogP contribution < -0.4 is 9.46 Å². The first-order valence-corrected chi connectivity index (χ1v) is 8.28. The number of aromatic nitrogens is 3. The first kappa shape index (κ1) is 16.2. The second-order valence-corrected chi connectivity index (χ2v) is 6.92. The molecule has 0 saturated heterocycles. The molecule has 0 bridgehead atoms. The number of nitrogens with zero attached hydrogens (tertiary/aromatic N) is 3. The van der Waals surface area contributed by atoms with Crippen LogP contribution in [-0.4, -0.2) is 30.7 Å². The number of nitrogens with one attached hydrogen (secondary N) is 1.